The number of methoxy groups -OCH3 is 1. The van der Waals surface area contributed by atoms with E-state index in [0.717, 1.165) is 16.8 Å². The molecule has 116 valence electrons. The third kappa shape index (κ3) is 3.04. The van der Waals surface area contributed by atoms with E-state index >= 15 is 0 Å². The maximum atomic E-state index is 12.3. The van der Waals surface area contributed by atoms with E-state index in [9.17, 15) is 4.79 Å². The number of nitrogens with zero attached hydrogens (tertiary/aromatic N) is 1. The number of para-hydroxylation sites is 1. The van der Waals surface area contributed by atoms with Crippen molar-refractivity contribution < 1.29 is 9.53 Å². The Bertz CT molecular complexity index is 762. The van der Waals surface area contributed by atoms with E-state index in [2.05, 4.69) is 13.0 Å². The lowest BCUT2D eigenvalue weighted by molar-refractivity contribution is -0.136. The quantitative estimate of drug-likeness (QED) is 0.797. The number of hydrogen-bond donors (Lipinski definition) is 0. The van der Waals surface area contributed by atoms with Gasteiger partial charge in [-0.05, 0) is 24.1 Å². The van der Waals surface area contributed by atoms with Crippen LogP contribution in [0.2, 0.25) is 0 Å². The molecule has 0 radical (unpaired) electrons. The molecule has 0 aliphatic carbocycles. The molecule has 1 atom stereocenters. The van der Waals surface area contributed by atoms with Gasteiger partial charge in [-0.3, -0.25) is 0 Å². The van der Waals surface area contributed by atoms with E-state index in [1.54, 1.807) is 0 Å². The highest BCUT2D eigenvalue weighted by Gasteiger charge is 2.25. The fourth-order valence-corrected chi connectivity index (χ4v) is 2.81. The van der Waals surface area contributed by atoms with Gasteiger partial charge in [0.25, 0.3) is 0 Å². The Kier molecular flexibility index (Phi) is 4.29. The molecule has 1 unspecified atom stereocenters. The molecule has 1 aliphatic rings. The van der Waals surface area contributed by atoms with Crippen LogP contribution in [0.3, 0.4) is 0 Å². The van der Waals surface area contributed by atoms with Gasteiger partial charge < -0.3 is 9.64 Å². The maximum Gasteiger partial charge on any atom is 0.336 e. The fourth-order valence-electron chi connectivity index (χ4n) is 2.81. The number of esters is 1. The minimum Gasteiger partial charge on any atom is -0.466 e. The van der Waals surface area contributed by atoms with E-state index in [1.807, 2.05) is 71.9 Å². The van der Waals surface area contributed by atoms with Crippen LogP contribution in [0.4, 0.5) is 5.69 Å². The largest absolute Gasteiger partial charge is 0.466 e. The lowest BCUT2D eigenvalue weighted by Gasteiger charge is -2.27. The van der Waals surface area contributed by atoms with Crippen LogP contribution < -0.4 is 4.90 Å². The second-order valence-electron chi connectivity index (χ2n) is 5.50. The summed E-state index contributed by atoms with van der Waals surface area (Å²) < 4.78 is 4.99. The number of benzene rings is 2. The van der Waals surface area contributed by atoms with E-state index in [1.165, 1.54) is 7.11 Å². The first-order chi connectivity index (χ1) is 11.2. The predicted octanol–water partition coefficient (Wildman–Crippen LogP) is 4.17. The highest BCUT2D eigenvalue weighted by molar-refractivity contribution is 5.92. The van der Waals surface area contributed by atoms with Crippen molar-refractivity contribution in [3.05, 3.63) is 89.8 Å². The molecule has 0 N–H and O–H groups in total. The number of ether oxygens (including phenoxy) is 1. The molecular formula is C20H19NO2. The van der Waals surface area contributed by atoms with Crippen molar-refractivity contribution in [2.45, 2.75) is 12.8 Å². The molecule has 0 spiro atoms. The zero-order valence-electron chi connectivity index (χ0n) is 13.3. The molecule has 2 aromatic carbocycles. The van der Waals surface area contributed by atoms with Gasteiger partial charge in [0.2, 0.25) is 0 Å². The topological polar surface area (TPSA) is 29.5 Å². The summed E-state index contributed by atoms with van der Waals surface area (Å²) in [6.07, 6.45) is 5.91. The van der Waals surface area contributed by atoms with Gasteiger partial charge in [-0.1, -0.05) is 54.6 Å². The second-order valence-corrected chi connectivity index (χ2v) is 5.50. The summed E-state index contributed by atoms with van der Waals surface area (Å²) in [7, 11) is 1.42. The Hall–Kier alpha value is -2.81. The normalized spacial score (nSPS) is 16.9. The van der Waals surface area contributed by atoms with Gasteiger partial charge in [0, 0.05) is 24.0 Å². The number of rotatable bonds is 3. The third-order valence-electron chi connectivity index (χ3n) is 4.03. The summed E-state index contributed by atoms with van der Waals surface area (Å²) in [4.78, 5) is 14.2. The van der Waals surface area contributed by atoms with E-state index in [4.69, 9.17) is 4.74 Å². The maximum absolute atomic E-state index is 12.3. The van der Waals surface area contributed by atoms with Gasteiger partial charge in [-0.15, -0.1) is 0 Å². The van der Waals surface area contributed by atoms with Crippen molar-refractivity contribution in [1.29, 1.82) is 0 Å². The van der Waals surface area contributed by atoms with Crippen LogP contribution in [-0.2, 0) is 9.53 Å². The third-order valence-corrected chi connectivity index (χ3v) is 4.03. The molecule has 0 saturated carbocycles. The van der Waals surface area contributed by atoms with Crippen molar-refractivity contribution >= 4 is 11.7 Å². The summed E-state index contributed by atoms with van der Waals surface area (Å²) in [6, 6.07) is 18.1. The molecule has 3 rings (SSSR count). The molecule has 0 aromatic heterocycles. The van der Waals surface area contributed by atoms with Crippen LogP contribution in [0.15, 0.2) is 78.6 Å². The van der Waals surface area contributed by atoms with Crippen LogP contribution in [0, 0.1) is 6.92 Å². The fraction of sp³-hybridized carbons (Fsp3) is 0.150. The molecule has 0 fully saturated rings. The first kappa shape index (κ1) is 15.1. The van der Waals surface area contributed by atoms with Crippen molar-refractivity contribution in [2.75, 3.05) is 12.0 Å². The molecule has 3 heteroatoms. The number of allylic oxidation sites excluding steroid dienone is 1. The first-order valence-electron chi connectivity index (χ1n) is 7.58. The number of carbonyl (C=O) groups excluding carboxylic acids is 1. The van der Waals surface area contributed by atoms with Gasteiger partial charge in [-0.2, -0.15) is 0 Å². The van der Waals surface area contributed by atoms with Gasteiger partial charge in [0.05, 0.1) is 12.7 Å². The first-order valence-corrected chi connectivity index (χ1v) is 7.58. The van der Waals surface area contributed by atoms with E-state index < -0.39 is 0 Å². The Morgan fingerprint density at radius 3 is 2.43 bits per heavy atom. The summed E-state index contributed by atoms with van der Waals surface area (Å²) in [5.74, 6) is -0.397. The molecule has 0 saturated heterocycles. The summed E-state index contributed by atoms with van der Waals surface area (Å²) >= 11 is 0. The predicted molar refractivity (Wildman–Crippen MR) is 92.1 cm³/mol. The minimum absolute atomic E-state index is 0.0936. The van der Waals surface area contributed by atoms with Gasteiger partial charge >= 0.3 is 5.97 Å². The monoisotopic (exact) mass is 305 g/mol. The van der Waals surface area contributed by atoms with Crippen molar-refractivity contribution in [3.8, 4) is 0 Å². The molecular weight excluding hydrogens is 286 g/mol. The standard InChI is InChI=1S/C20H19NO2/c1-15-8-6-7-11-19(15)21-13-12-17(16-9-4-3-5-10-16)18(14-21)20(22)23-2/h3-14,17H,1-2H3. The molecule has 0 bridgehead atoms. The molecule has 23 heavy (non-hydrogen) atoms. The number of carbonyl (C=O) groups is 1. The van der Waals surface area contributed by atoms with Crippen LogP contribution in [-0.4, -0.2) is 13.1 Å². The molecule has 2 aromatic rings. The Labute approximate surface area is 136 Å². The molecule has 1 heterocycles. The highest BCUT2D eigenvalue weighted by Crippen LogP contribution is 2.33. The smallest absolute Gasteiger partial charge is 0.336 e. The lowest BCUT2D eigenvalue weighted by atomic mass is 9.89. The Morgan fingerprint density at radius 1 is 1.04 bits per heavy atom. The highest BCUT2D eigenvalue weighted by atomic mass is 16.5. The van der Waals surface area contributed by atoms with Crippen LogP contribution in [0.25, 0.3) is 0 Å². The van der Waals surface area contributed by atoms with Crippen LogP contribution >= 0.6 is 0 Å². The number of anilines is 1. The van der Waals surface area contributed by atoms with Gasteiger partial charge in [0.1, 0.15) is 0 Å². The van der Waals surface area contributed by atoms with Crippen LogP contribution in [0.1, 0.15) is 17.0 Å². The van der Waals surface area contributed by atoms with Gasteiger partial charge in [0.15, 0.2) is 0 Å². The zero-order valence-corrected chi connectivity index (χ0v) is 13.3. The van der Waals surface area contributed by atoms with E-state index in [-0.39, 0.29) is 11.9 Å². The minimum atomic E-state index is -0.304. The SMILES string of the molecule is COC(=O)C1=CN(c2ccccc2C)C=CC1c1ccccc1. The van der Waals surface area contributed by atoms with Crippen molar-refractivity contribution in [2.24, 2.45) is 0 Å². The Balaban J connectivity index is 2.01. The molecule has 0 amide bonds. The summed E-state index contributed by atoms with van der Waals surface area (Å²) in [5, 5.41) is 0. The summed E-state index contributed by atoms with van der Waals surface area (Å²) in [5.41, 5.74) is 3.90. The second kappa shape index (κ2) is 6.53. The van der Waals surface area contributed by atoms with Crippen LogP contribution in [0.5, 0.6) is 0 Å². The lowest BCUT2D eigenvalue weighted by Crippen LogP contribution is -2.22. The number of aryl methyl sites for hydroxylation is 1. The Morgan fingerprint density at radius 2 is 1.74 bits per heavy atom. The van der Waals surface area contributed by atoms with Gasteiger partial charge in [-0.25, -0.2) is 4.79 Å². The average molecular weight is 305 g/mol. The number of hydrogen-bond acceptors (Lipinski definition) is 3. The zero-order chi connectivity index (χ0) is 16.2. The summed E-state index contributed by atoms with van der Waals surface area (Å²) in [6.45, 7) is 2.05. The van der Waals surface area contributed by atoms with Crippen molar-refractivity contribution in [1.82, 2.24) is 0 Å². The molecule has 3 nitrogen and oxygen atoms in total. The average Bonchev–Trinajstić information content (AvgIpc) is 2.62. The van der Waals surface area contributed by atoms with Crippen molar-refractivity contribution in [3.63, 3.8) is 0 Å². The van der Waals surface area contributed by atoms with E-state index in [0.29, 0.717) is 5.57 Å². The molecule has 1 aliphatic heterocycles.